The number of unbranched alkanes of at least 4 members (excludes halogenated alkanes) is 2. The molecule has 0 aliphatic heterocycles. The van der Waals surface area contributed by atoms with Crippen molar-refractivity contribution in [2.24, 2.45) is 11.8 Å². The van der Waals surface area contributed by atoms with Crippen molar-refractivity contribution in [3.05, 3.63) is 24.3 Å². The van der Waals surface area contributed by atoms with Gasteiger partial charge in [-0.1, -0.05) is 38.0 Å². The van der Waals surface area contributed by atoms with E-state index in [-0.39, 0.29) is 30.5 Å². The Kier molecular flexibility index (Phi) is 9.70. The van der Waals surface area contributed by atoms with Gasteiger partial charge in [0.05, 0.1) is 0 Å². The highest BCUT2D eigenvalue weighted by Crippen LogP contribution is 2.34. The molecule has 26 heavy (non-hydrogen) atoms. The van der Waals surface area contributed by atoms with Gasteiger partial charge in [-0.25, -0.2) is 0 Å². The quantitative estimate of drug-likeness (QED) is 0.390. The first-order valence-corrected chi connectivity index (χ1v) is 9.42. The summed E-state index contributed by atoms with van der Waals surface area (Å²) in [5.41, 5.74) is 0. The number of halogens is 2. The van der Waals surface area contributed by atoms with Gasteiger partial charge in [-0.15, -0.1) is 0 Å². The predicted molar refractivity (Wildman–Crippen MR) is 96.1 cm³/mol. The molecule has 0 aromatic carbocycles. The summed E-state index contributed by atoms with van der Waals surface area (Å²) in [7, 11) is 0. The normalized spacial score (nSPS) is 22.5. The Hall–Kier alpha value is -1.56. The first-order valence-electron chi connectivity index (χ1n) is 9.42. The number of ketones is 1. The van der Waals surface area contributed by atoms with Crippen molar-refractivity contribution in [1.82, 2.24) is 0 Å². The van der Waals surface area contributed by atoms with Crippen LogP contribution in [-0.2, 0) is 9.59 Å². The van der Waals surface area contributed by atoms with Crippen LogP contribution in [0.5, 0.6) is 0 Å². The van der Waals surface area contributed by atoms with Crippen LogP contribution >= 0.6 is 0 Å². The van der Waals surface area contributed by atoms with Crippen LogP contribution in [0.15, 0.2) is 24.3 Å². The van der Waals surface area contributed by atoms with E-state index in [4.69, 9.17) is 5.11 Å². The molecule has 6 heteroatoms. The largest absolute Gasteiger partial charge is 0.481 e. The molecule has 0 saturated heterocycles. The molecule has 4 nitrogen and oxygen atoms in total. The Bertz CT molecular complexity index is 514. The number of carbonyl (C=O) groups excluding carboxylic acids is 1. The summed E-state index contributed by atoms with van der Waals surface area (Å²) in [5.74, 6) is -4.60. The first kappa shape index (κ1) is 22.5. The molecule has 0 amide bonds. The number of aliphatic hydroxyl groups is 1. The maximum Gasteiger partial charge on any atom is 0.303 e. The summed E-state index contributed by atoms with van der Waals surface area (Å²) < 4.78 is 28.0. The summed E-state index contributed by atoms with van der Waals surface area (Å²) in [4.78, 5) is 22.4. The molecular formula is C20H30F2O4. The number of aliphatic carboxylic acids is 1. The fourth-order valence-electron chi connectivity index (χ4n) is 3.16. The van der Waals surface area contributed by atoms with E-state index in [1.165, 1.54) is 6.08 Å². The fourth-order valence-corrected chi connectivity index (χ4v) is 3.16. The van der Waals surface area contributed by atoms with Crippen LogP contribution in [0, 0.1) is 11.8 Å². The monoisotopic (exact) mass is 372 g/mol. The number of Topliss-reactive ketones (excluding diaryl/α,β-unsaturated/α-hetero) is 1. The minimum Gasteiger partial charge on any atom is -0.481 e. The minimum absolute atomic E-state index is 0.0555. The molecule has 0 aromatic heterocycles. The van der Waals surface area contributed by atoms with Crippen molar-refractivity contribution < 1.29 is 28.6 Å². The molecule has 1 saturated carbocycles. The molecule has 2 unspecified atom stereocenters. The van der Waals surface area contributed by atoms with Gasteiger partial charge < -0.3 is 10.2 Å². The summed E-state index contributed by atoms with van der Waals surface area (Å²) in [6, 6.07) is 0. The van der Waals surface area contributed by atoms with Crippen LogP contribution in [0.2, 0.25) is 0 Å². The van der Waals surface area contributed by atoms with Gasteiger partial charge in [0, 0.05) is 18.8 Å². The van der Waals surface area contributed by atoms with E-state index in [1.807, 2.05) is 19.1 Å². The molecule has 1 aliphatic carbocycles. The Morgan fingerprint density at radius 1 is 1.35 bits per heavy atom. The molecule has 0 radical (unpaired) electrons. The van der Waals surface area contributed by atoms with Crippen LogP contribution < -0.4 is 0 Å². The van der Waals surface area contributed by atoms with Crippen LogP contribution in [0.25, 0.3) is 0 Å². The Morgan fingerprint density at radius 3 is 2.73 bits per heavy atom. The van der Waals surface area contributed by atoms with Gasteiger partial charge in [-0.2, -0.15) is 8.78 Å². The zero-order chi connectivity index (χ0) is 19.6. The molecule has 3 atom stereocenters. The van der Waals surface area contributed by atoms with E-state index < -0.39 is 18.0 Å². The van der Waals surface area contributed by atoms with Gasteiger partial charge in [0.1, 0.15) is 11.9 Å². The maximum absolute atomic E-state index is 14.0. The second-order valence-electron chi connectivity index (χ2n) is 6.96. The highest BCUT2D eigenvalue weighted by atomic mass is 19.3. The third-order valence-corrected chi connectivity index (χ3v) is 4.81. The number of carbonyl (C=O) groups is 2. The zero-order valence-electron chi connectivity index (χ0n) is 15.4. The van der Waals surface area contributed by atoms with Crippen molar-refractivity contribution in [1.29, 1.82) is 0 Å². The third kappa shape index (κ3) is 7.77. The molecule has 0 spiro atoms. The highest BCUT2D eigenvalue weighted by Gasteiger charge is 2.37. The number of carboxylic acids is 1. The zero-order valence-corrected chi connectivity index (χ0v) is 15.4. The van der Waals surface area contributed by atoms with Crippen LogP contribution in [0.1, 0.15) is 64.7 Å². The molecule has 0 heterocycles. The van der Waals surface area contributed by atoms with E-state index in [0.717, 1.165) is 12.5 Å². The number of aliphatic hydroxyl groups excluding tert-OH is 1. The fraction of sp³-hybridized carbons (Fsp3) is 0.700. The van der Waals surface area contributed by atoms with Crippen molar-refractivity contribution in [2.75, 3.05) is 0 Å². The third-order valence-electron chi connectivity index (χ3n) is 4.81. The second-order valence-corrected chi connectivity index (χ2v) is 6.96. The van der Waals surface area contributed by atoms with Crippen molar-refractivity contribution >= 4 is 11.8 Å². The van der Waals surface area contributed by atoms with E-state index in [0.29, 0.717) is 38.5 Å². The summed E-state index contributed by atoms with van der Waals surface area (Å²) in [5, 5.41) is 18.2. The summed E-state index contributed by atoms with van der Waals surface area (Å²) in [6.07, 6.45) is 8.17. The molecule has 0 aromatic rings. The average molecular weight is 372 g/mol. The van der Waals surface area contributed by atoms with E-state index in [1.54, 1.807) is 0 Å². The molecule has 1 aliphatic rings. The van der Waals surface area contributed by atoms with Gasteiger partial charge in [0.25, 0.3) is 5.92 Å². The molecule has 148 valence electrons. The number of alkyl halides is 2. The standard InChI is InChI=1S/C20H30F2O4/c1-2-3-9-18(24)20(21,22)14-13-15-11-12-17(23)16(15)8-6-4-5-7-10-19(25)26/h4,6,13-16,18,24H,2-3,5,7-12H2,1H3,(H,25,26)/b6-4-,14-13+/t15?,16-,18?/m1/s1. The summed E-state index contributed by atoms with van der Waals surface area (Å²) in [6.45, 7) is 1.88. The lowest BCUT2D eigenvalue weighted by molar-refractivity contribution is -0.137. The average Bonchev–Trinajstić information content (AvgIpc) is 2.93. The minimum atomic E-state index is -3.28. The molecular weight excluding hydrogens is 342 g/mol. The van der Waals surface area contributed by atoms with Gasteiger partial charge in [0.2, 0.25) is 0 Å². The summed E-state index contributed by atoms with van der Waals surface area (Å²) >= 11 is 0. The number of hydrogen-bond donors (Lipinski definition) is 2. The first-order chi connectivity index (χ1) is 12.3. The van der Waals surface area contributed by atoms with Crippen LogP contribution in [0.4, 0.5) is 8.78 Å². The SMILES string of the molecule is CCCCC(O)C(F)(F)/C=C/C1CCC(=O)[C@@H]1C/C=C\CCCC(=O)O. The molecule has 2 N–H and O–H groups in total. The number of allylic oxidation sites excluding steroid dienone is 3. The Morgan fingerprint density at radius 2 is 2.08 bits per heavy atom. The van der Waals surface area contributed by atoms with Crippen molar-refractivity contribution in [3.63, 3.8) is 0 Å². The number of hydrogen-bond acceptors (Lipinski definition) is 3. The lowest BCUT2D eigenvalue weighted by Crippen LogP contribution is -2.31. The van der Waals surface area contributed by atoms with E-state index >= 15 is 0 Å². The lowest BCUT2D eigenvalue weighted by atomic mass is 9.90. The van der Waals surface area contributed by atoms with Crippen molar-refractivity contribution in [3.8, 4) is 0 Å². The van der Waals surface area contributed by atoms with E-state index in [2.05, 4.69) is 0 Å². The Balaban J connectivity index is 2.55. The van der Waals surface area contributed by atoms with Gasteiger partial charge in [-0.05, 0) is 44.1 Å². The second kappa shape index (κ2) is 11.2. The van der Waals surface area contributed by atoms with Gasteiger partial charge in [-0.3, -0.25) is 9.59 Å². The van der Waals surface area contributed by atoms with Crippen LogP contribution in [0.3, 0.4) is 0 Å². The Labute approximate surface area is 154 Å². The van der Waals surface area contributed by atoms with Crippen molar-refractivity contribution in [2.45, 2.75) is 76.7 Å². The molecule has 0 bridgehead atoms. The van der Waals surface area contributed by atoms with Crippen LogP contribution in [-0.4, -0.2) is 34.0 Å². The highest BCUT2D eigenvalue weighted by molar-refractivity contribution is 5.83. The van der Waals surface area contributed by atoms with E-state index in [9.17, 15) is 23.5 Å². The lowest BCUT2D eigenvalue weighted by Gasteiger charge is -2.20. The smallest absolute Gasteiger partial charge is 0.303 e. The number of rotatable bonds is 12. The topological polar surface area (TPSA) is 74.6 Å². The van der Waals surface area contributed by atoms with Gasteiger partial charge >= 0.3 is 5.97 Å². The maximum atomic E-state index is 14.0. The molecule has 1 fully saturated rings. The predicted octanol–water partition coefficient (Wildman–Crippen LogP) is 4.53. The van der Waals surface area contributed by atoms with Gasteiger partial charge in [0.15, 0.2) is 0 Å². The molecule has 1 rings (SSSR count). The number of carboxylic acid groups (broad SMARTS) is 1.